The molecule has 1 aromatic carbocycles. The van der Waals surface area contributed by atoms with Gasteiger partial charge in [-0.05, 0) is 28.1 Å². The lowest BCUT2D eigenvalue weighted by atomic mass is 10.1. The summed E-state index contributed by atoms with van der Waals surface area (Å²) < 4.78 is 52.8. The van der Waals surface area contributed by atoms with E-state index < -0.39 is 31.0 Å². The summed E-state index contributed by atoms with van der Waals surface area (Å²) in [4.78, 5) is 11.4. The van der Waals surface area contributed by atoms with Crippen molar-refractivity contribution in [3.63, 3.8) is 0 Å². The van der Waals surface area contributed by atoms with Crippen LogP contribution >= 0.6 is 15.9 Å². The third-order valence-electron chi connectivity index (χ3n) is 1.75. The van der Waals surface area contributed by atoms with Crippen LogP contribution in [0.5, 0.6) is 0 Å². The van der Waals surface area contributed by atoms with Crippen LogP contribution in [0.3, 0.4) is 0 Å². The quantitative estimate of drug-likeness (QED) is 0.629. The molecule has 0 saturated carbocycles. The maximum Gasteiger partial charge on any atom is 0.411 e. The van der Waals surface area contributed by atoms with Crippen molar-refractivity contribution < 1.29 is 27.1 Å². The van der Waals surface area contributed by atoms with Crippen LogP contribution in [0, 0.1) is 5.82 Å². The number of Topliss-reactive ketones (excluding diaryl/α,β-unsaturated/α-hetero) is 1. The zero-order valence-corrected chi connectivity index (χ0v) is 9.94. The molecule has 0 fully saturated rings. The molecule has 0 N–H and O–H groups in total. The minimum absolute atomic E-state index is 0.0687. The SMILES string of the molecule is O=C(COCC(F)(F)F)c1cccc(Br)c1F. The van der Waals surface area contributed by atoms with Gasteiger partial charge in [-0.3, -0.25) is 4.79 Å². The molecule has 0 unspecified atom stereocenters. The summed E-state index contributed by atoms with van der Waals surface area (Å²) in [5, 5.41) is 0. The maximum atomic E-state index is 13.4. The van der Waals surface area contributed by atoms with E-state index in [0.29, 0.717) is 0 Å². The second kappa shape index (κ2) is 5.59. The molecule has 0 amide bonds. The van der Waals surface area contributed by atoms with Crippen molar-refractivity contribution in [1.29, 1.82) is 0 Å². The largest absolute Gasteiger partial charge is 0.411 e. The minimum atomic E-state index is -4.50. The molecule has 0 spiro atoms. The Kier molecular flexibility index (Phi) is 4.64. The monoisotopic (exact) mass is 314 g/mol. The summed E-state index contributed by atoms with van der Waals surface area (Å²) in [5.41, 5.74) is -0.304. The number of carbonyl (C=O) groups excluding carboxylic acids is 1. The first-order valence-electron chi connectivity index (χ1n) is 4.43. The molecule has 0 bridgehead atoms. The summed E-state index contributed by atoms with van der Waals surface area (Å²) in [6.07, 6.45) is -4.50. The molecule has 0 aliphatic carbocycles. The molecule has 0 aliphatic heterocycles. The fraction of sp³-hybridized carbons (Fsp3) is 0.300. The number of alkyl halides is 3. The molecule has 1 aromatic rings. The van der Waals surface area contributed by atoms with Crippen LogP contribution < -0.4 is 0 Å². The molecule has 0 radical (unpaired) electrons. The fourth-order valence-corrected chi connectivity index (χ4v) is 1.42. The fourth-order valence-electron chi connectivity index (χ4n) is 1.06. The van der Waals surface area contributed by atoms with E-state index in [1.807, 2.05) is 0 Å². The van der Waals surface area contributed by atoms with E-state index in [1.165, 1.54) is 18.2 Å². The molecule has 0 atom stereocenters. The highest BCUT2D eigenvalue weighted by molar-refractivity contribution is 9.10. The van der Waals surface area contributed by atoms with E-state index in [2.05, 4.69) is 20.7 Å². The van der Waals surface area contributed by atoms with Gasteiger partial charge in [0.25, 0.3) is 0 Å². The summed E-state index contributed by atoms with van der Waals surface area (Å²) in [6, 6.07) is 3.96. The molecule has 0 aromatic heterocycles. The third-order valence-corrected chi connectivity index (χ3v) is 2.36. The van der Waals surface area contributed by atoms with Crippen molar-refractivity contribution in [1.82, 2.24) is 0 Å². The molecule has 0 saturated heterocycles. The summed E-state index contributed by atoms with van der Waals surface area (Å²) in [7, 11) is 0. The Labute approximate surface area is 103 Å². The Morgan fingerprint density at radius 3 is 2.59 bits per heavy atom. The van der Waals surface area contributed by atoms with Gasteiger partial charge in [-0.25, -0.2) is 4.39 Å². The highest BCUT2D eigenvalue weighted by Gasteiger charge is 2.28. The Morgan fingerprint density at radius 1 is 1.35 bits per heavy atom. The average molecular weight is 315 g/mol. The van der Waals surface area contributed by atoms with E-state index in [0.717, 1.165) is 0 Å². The van der Waals surface area contributed by atoms with Crippen molar-refractivity contribution >= 4 is 21.7 Å². The van der Waals surface area contributed by atoms with E-state index in [9.17, 15) is 22.4 Å². The van der Waals surface area contributed by atoms with E-state index in [-0.39, 0.29) is 10.0 Å². The van der Waals surface area contributed by atoms with Gasteiger partial charge in [-0.15, -0.1) is 0 Å². The number of ketones is 1. The standard InChI is InChI=1S/C10H7BrF4O2/c11-7-3-1-2-6(9(7)12)8(16)4-17-5-10(13,14)15/h1-3H,4-5H2. The van der Waals surface area contributed by atoms with Gasteiger partial charge in [-0.1, -0.05) is 6.07 Å². The lowest BCUT2D eigenvalue weighted by Crippen LogP contribution is -2.20. The highest BCUT2D eigenvalue weighted by atomic mass is 79.9. The van der Waals surface area contributed by atoms with Gasteiger partial charge in [0, 0.05) is 0 Å². The Morgan fingerprint density at radius 2 is 2.00 bits per heavy atom. The highest BCUT2D eigenvalue weighted by Crippen LogP contribution is 2.19. The lowest BCUT2D eigenvalue weighted by molar-refractivity contribution is -0.170. The van der Waals surface area contributed by atoms with Crippen LogP contribution in [0.1, 0.15) is 10.4 Å². The molecule has 1 rings (SSSR count). The first kappa shape index (κ1) is 14.1. The zero-order valence-electron chi connectivity index (χ0n) is 8.35. The predicted molar refractivity (Wildman–Crippen MR) is 55.3 cm³/mol. The number of ether oxygens (including phenoxy) is 1. The van der Waals surface area contributed by atoms with Crippen LogP contribution in [0.4, 0.5) is 17.6 Å². The number of benzene rings is 1. The number of carbonyl (C=O) groups is 1. The van der Waals surface area contributed by atoms with E-state index >= 15 is 0 Å². The smallest absolute Gasteiger partial charge is 0.364 e. The van der Waals surface area contributed by atoms with Gasteiger partial charge in [0.1, 0.15) is 19.0 Å². The summed E-state index contributed by atoms with van der Waals surface area (Å²) in [6.45, 7) is -2.35. The molecule has 0 aliphatic rings. The van der Waals surface area contributed by atoms with Crippen molar-refractivity contribution in [2.45, 2.75) is 6.18 Å². The minimum Gasteiger partial charge on any atom is -0.364 e. The van der Waals surface area contributed by atoms with E-state index in [1.54, 1.807) is 0 Å². The van der Waals surface area contributed by atoms with Gasteiger partial charge < -0.3 is 4.74 Å². The van der Waals surface area contributed by atoms with Crippen molar-refractivity contribution in [2.24, 2.45) is 0 Å². The Bertz CT molecular complexity index is 417. The zero-order chi connectivity index (χ0) is 13.1. The molecular formula is C10H7BrF4O2. The van der Waals surface area contributed by atoms with Gasteiger partial charge in [0.2, 0.25) is 0 Å². The van der Waals surface area contributed by atoms with Crippen LogP contribution in [-0.4, -0.2) is 25.2 Å². The van der Waals surface area contributed by atoms with Crippen LogP contribution in [0.15, 0.2) is 22.7 Å². The Balaban J connectivity index is 2.62. The van der Waals surface area contributed by atoms with Gasteiger partial charge >= 0.3 is 6.18 Å². The van der Waals surface area contributed by atoms with Crippen LogP contribution in [0.25, 0.3) is 0 Å². The molecular weight excluding hydrogens is 308 g/mol. The number of halogens is 5. The van der Waals surface area contributed by atoms with Gasteiger partial charge in [0.05, 0.1) is 10.0 Å². The third kappa shape index (κ3) is 4.43. The second-order valence-electron chi connectivity index (χ2n) is 3.13. The topological polar surface area (TPSA) is 26.3 Å². The van der Waals surface area contributed by atoms with Crippen LogP contribution in [-0.2, 0) is 4.74 Å². The maximum absolute atomic E-state index is 13.4. The van der Waals surface area contributed by atoms with Crippen LogP contribution in [0.2, 0.25) is 0 Å². The van der Waals surface area contributed by atoms with Gasteiger partial charge in [0.15, 0.2) is 5.78 Å². The van der Waals surface area contributed by atoms with Crippen molar-refractivity contribution in [2.75, 3.05) is 13.2 Å². The first-order valence-corrected chi connectivity index (χ1v) is 5.22. The summed E-state index contributed by atoms with van der Waals surface area (Å²) >= 11 is 2.87. The first-order chi connectivity index (χ1) is 7.81. The number of hydrogen-bond acceptors (Lipinski definition) is 2. The Hall–Kier alpha value is -0.950. The molecule has 17 heavy (non-hydrogen) atoms. The molecule has 94 valence electrons. The average Bonchev–Trinajstić information content (AvgIpc) is 2.20. The summed E-state index contributed by atoms with van der Waals surface area (Å²) in [5.74, 6) is -1.65. The van der Waals surface area contributed by atoms with Gasteiger partial charge in [-0.2, -0.15) is 13.2 Å². The van der Waals surface area contributed by atoms with Crippen molar-refractivity contribution in [3.05, 3.63) is 34.1 Å². The number of hydrogen-bond donors (Lipinski definition) is 0. The van der Waals surface area contributed by atoms with E-state index in [4.69, 9.17) is 0 Å². The number of rotatable bonds is 4. The molecule has 2 nitrogen and oxygen atoms in total. The normalized spacial score (nSPS) is 11.6. The molecule has 7 heteroatoms. The lowest BCUT2D eigenvalue weighted by Gasteiger charge is -2.07. The van der Waals surface area contributed by atoms with Crippen molar-refractivity contribution in [3.8, 4) is 0 Å². The molecule has 0 heterocycles. The second-order valence-corrected chi connectivity index (χ2v) is 3.99. The predicted octanol–water partition coefficient (Wildman–Crippen LogP) is 3.35.